The third-order valence-corrected chi connectivity index (χ3v) is 7.03. The molecule has 1 aromatic carbocycles. The van der Waals surface area contributed by atoms with Crippen molar-refractivity contribution in [3.05, 3.63) is 66.6 Å². The Kier molecular flexibility index (Phi) is 8.04. The average molecular weight is 576 g/mol. The fourth-order valence-corrected chi connectivity index (χ4v) is 4.88. The van der Waals surface area contributed by atoms with Crippen LogP contribution in [0.2, 0.25) is 5.02 Å². The van der Waals surface area contributed by atoms with E-state index in [1.807, 2.05) is 30.5 Å². The van der Waals surface area contributed by atoms with E-state index in [1.54, 1.807) is 35.7 Å². The van der Waals surface area contributed by atoms with Gasteiger partial charge in [0.2, 0.25) is 17.8 Å². The lowest BCUT2D eigenvalue weighted by molar-refractivity contribution is -0.132. The highest BCUT2D eigenvalue weighted by Crippen LogP contribution is 2.39. The number of nitrogens with zero attached hydrogens (tertiary/aromatic N) is 6. The highest BCUT2D eigenvalue weighted by atomic mass is 35.5. The molecule has 41 heavy (non-hydrogen) atoms. The zero-order valence-electron chi connectivity index (χ0n) is 22.7. The molecule has 0 spiro atoms. The van der Waals surface area contributed by atoms with Gasteiger partial charge in [-0.25, -0.2) is 14.5 Å². The van der Waals surface area contributed by atoms with Gasteiger partial charge in [0.1, 0.15) is 5.75 Å². The van der Waals surface area contributed by atoms with Gasteiger partial charge in [-0.2, -0.15) is 5.10 Å². The van der Waals surface area contributed by atoms with Crippen LogP contribution in [0, 0.1) is 0 Å². The molecule has 1 aliphatic heterocycles. The first-order valence-corrected chi connectivity index (χ1v) is 13.3. The number of nitrogens with two attached hydrogens (primary N) is 1. The fraction of sp³-hybridized carbons (Fsp3) is 0.250. The second-order valence-electron chi connectivity index (χ2n) is 9.47. The minimum atomic E-state index is -0.558. The number of anilines is 4. The van der Waals surface area contributed by atoms with Crippen molar-refractivity contribution in [2.24, 2.45) is 5.73 Å². The standard InChI is InChI=1S/C28H30ClN9O3/c1-4-25(39)33-20-13-21(24(41-3)14-23(20)36-9-11-37(12-10-36)27(40)17(2)30)34-28-31-16-19(29)26(35-28)18-15-32-38-8-6-5-7-22(18)38/h4-8,13-17H,1,9-12,30H2,2-3H3,(H,33,39)(H,31,34,35). The molecule has 1 unspecified atom stereocenters. The summed E-state index contributed by atoms with van der Waals surface area (Å²) in [5, 5.41) is 10.8. The lowest BCUT2D eigenvalue weighted by Gasteiger charge is -2.37. The number of piperazine rings is 1. The van der Waals surface area contributed by atoms with Crippen LogP contribution < -0.4 is 26.0 Å². The van der Waals surface area contributed by atoms with Gasteiger partial charge in [-0.3, -0.25) is 9.59 Å². The number of carbonyl (C=O) groups is 2. The van der Waals surface area contributed by atoms with Crippen LogP contribution in [0.1, 0.15) is 6.92 Å². The summed E-state index contributed by atoms with van der Waals surface area (Å²) in [4.78, 5) is 37.6. The quantitative estimate of drug-likeness (QED) is 0.270. The maximum absolute atomic E-state index is 12.4. The number of methoxy groups -OCH3 is 1. The van der Waals surface area contributed by atoms with Crippen molar-refractivity contribution in [3.8, 4) is 17.0 Å². The molecule has 0 bridgehead atoms. The molecule has 1 atom stereocenters. The van der Waals surface area contributed by atoms with Crippen molar-refractivity contribution >= 4 is 51.9 Å². The van der Waals surface area contributed by atoms with E-state index in [0.29, 0.717) is 54.0 Å². The molecule has 0 saturated carbocycles. The molecule has 2 amide bonds. The normalized spacial score (nSPS) is 14.0. The number of carbonyl (C=O) groups excluding carboxylic acids is 2. The lowest BCUT2D eigenvalue weighted by atomic mass is 10.1. The fourth-order valence-electron chi connectivity index (χ4n) is 4.69. The van der Waals surface area contributed by atoms with Crippen LogP contribution in [0.15, 0.2) is 61.6 Å². The molecule has 4 aromatic rings. The minimum Gasteiger partial charge on any atom is -0.494 e. The summed E-state index contributed by atoms with van der Waals surface area (Å²) in [7, 11) is 1.55. The molecule has 1 fully saturated rings. The van der Waals surface area contributed by atoms with Crippen molar-refractivity contribution in [3.63, 3.8) is 0 Å². The molecule has 4 heterocycles. The smallest absolute Gasteiger partial charge is 0.247 e. The average Bonchev–Trinajstić information content (AvgIpc) is 3.42. The van der Waals surface area contributed by atoms with Gasteiger partial charge >= 0.3 is 0 Å². The van der Waals surface area contributed by atoms with Crippen LogP contribution in [-0.4, -0.2) is 75.6 Å². The van der Waals surface area contributed by atoms with Gasteiger partial charge in [-0.05, 0) is 31.2 Å². The summed E-state index contributed by atoms with van der Waals surface area (Å²) in [6.07, 6.45) is 6.26. The van der Waals surface area contributed by atoms with Gasteiger partial charge < -0.3 is 30.9 Å². The molecule has 1 saturated heterocycles. The van der Waals surface area contributed by atoms with Crippen LogP contribution in [0.3, 0.4) is 0 Å². The number of hydrogen-bond acceptors (Lipinski definition) is 9. The van der Waals surface area contributed by atoms with Crippen molar-refractivity contribution in [2.45, 2.75) is 13.0 Å². The first-order chi connectivity index (χ1) is 19.8. The number of ether oxygens (including phenoxy) is 1. The Morgan fingerprint density at radius 2 is 1.95 bits per heavy atom. The molecule has 212 valence electrons. The van der Waals surface area contributed by atoms with Gasteiger partial charge in [-0.1, -0.05) is 24.2 Å². The second kappa shape index (κ2) is 11.8. The Labute approximate surface area is 241 Å². The third-order valence-electron chi connectivity index (χ3n) is 6.75. The second-order valence-corrected chi connectivity index (χ2v) is 9.88. The summed E-state index contributed by atoms with van der Waals surface area (Å²) >= 11 is 6.49. The minimum absolute atomic E-state index is 0.0894. The zero-order chi connectivity index (χ0) is 29.1. The lowest BCUT2D eigenvalue weighted by Crippen LogP contribution is -2.52. The Hall–Kier alpha value is -4.68. The van der Waals surface area contributed by atoms with E-state index < -0.39 is 6.04 Å². The summed E-state index contributed by atoms with van der Waals surface area (Å²) in [5.74, 6) is 0.316. The van der Waals surface area contributed by atoms with Crippen molar-refractivity contribution < 1.29 is 14.3 Å². The number of pyridine rings is 1. The molecular formula is C28H30ClN9O3. The first-order valence-electron chi connectivity index (χ1n) is 13.0. The Bertz CT molecular complexity index is 1610. The predicted octanol–water partition coefficient (Wildman–Crippen LogP) is 3.32. The summed E-state index contributed by atoms with van der Waals surface area (Å²) in [5.41, 5.74) is 9.69. The van der Waals surface area contributed by atoms with E-state index in [9.17, 15) is 9.59 Å². The highest BCUT2D eigenvalue weighted by molar-refractivity contribution is 6.33. The zero-order valence-corrected chi connectivity index (χ0v) is 23.4. The number of fused-ring (bicyclic) bond motifs is 1. The van der Waals surface area contributed by atoms with Crippen LogP contribution in [0.25, 0.3) is 16.8 Å². The van der Waals surface area contributed by atoms with Gasteiger partial charge in [-0.15, -0.1) is 0 Å². The maximum Gasteiger partial charge on any atom is 0.247 e. The number of nitrogens with one attached hydrogen (secondary N) is 2. The van der Waals surface area contributed by atoms with E-state index in [4.69, 9.17) is 22.1 Å². The van der Waals surface area contributed by atoms with Crippen molar-refractivity contribution in [2.75, 3.05) is 48.8 Å². The maximum atomic E-state index is 12.4. The summed E-state index contributed by atoms with van der Waals surface area (Å²) < 4.78 is 7.45. The molecule has 4 N–H and O–H groups in total. The van der Waals surface area contributed by atoms with Crippen molar-refractivity contribution in [1.82, 2.24) is 24.5 Å². The van der Waals surface area contributed by atoms with Gasteiger partial charge in [0, 0.05) is 44.0 Å². The highest BCUT2D eigenvalue weighted by Gasteiger charge is 2.26. The summed E-state index contributed by atoms with van der Waals surface area (Å²) in [6, 6.07) is 8.75. The van der Waals surface area contributed by atoms with E-state index >= 15 is 0 Å². The Morgan fingerprint density at radius 1 is 1.17 bits per heavy atom. The largest absolute Gasteiger partial charge is 0.494 e. The van der Waals surface area contributed by atoms with Crippen LogP contribution in [0.5, 0.6) is 5.75 Å². The molecule has 0 aliphatic carbocycles. The van der Waals surface area contributed by atoms with E-state index in [0.717, 1.165) is 16.8 Å². The summed E-state index contributed by atoms with van der Waals surface area (Å²) in [6.45, 7) is 7.36. The van der Waals surface area contributed by atoms with Gasteiger partial charge in [0.15, 0.2) is 0 Å². The molecule has 5 rings (SSSR count). The van der Waals surface area contributed by atoms with Crippen LogP contribution >= 0.6 is 11.6 Å². The Balaban J connectivity index is 1.47. The Morgan fingerprint density at radius 3 is 2.66 bits per heavy atom. The third kappa shape index (κ3) is 5.79. The van der Waals surface area contributed by atoms with E-state index in [-0.39, 0.29) is 17.8 Å². The van der Waals surface area contributed by atoms with Gasteiger partial charge in [0.25, 0.3) is 0 Å². The molecule has 0 radical (unpaired) electrons. The number of hydrogen-bond donors (Lipinski definition) is 3. The van der Waals surface area contributed by atoms with Crippen LogP contribution in [0.4, 0.5) is 23.0 Å². The van der Waals surface area contributed by atoms with Crippen molar-refractivity contribution in [1.29, 1.82) is 0 Å². The number of rotatable bonds is 8. The monoisotopic (exact) mass is 575 g/mol. The number of halogens is 1. The number of amides is 2. The van der Waals surface area contributed by atoms with E-state index in [1.165, 1.54) is 12.3 Å². The molecule has 13 heteroatoms. The predicted molar refractivity (Wildman–Crippen MR) is 159 cm³/mol. The molecule has 1 aliphatic rings. The van der Waals surface area contributed by atoms with Crippen LogP contribution in [-0.2, 0) is 9.59 Å². The SMILES string of the molecule is C=CC(=O)Nc1cc(Nc2ncc(Cl)c(-c3cnn4ccccc34)n2)c(OC)cc1N1CCN(C(=O)C(C)N)CC1. The van der Waals surface area contributed by atoms with Gasteiger partial charge in [0.05, 0.1) is 58.8 Å². The first kappa shape index (κ1) is 27.9. The van der Waals surface area contributed by atoms with E-state index in [2.05, 4.69) is 37.2 Å². The molecule has 12 nitrogen and oxygen atoms in total. The molecular weight excluding hydrogens is 546 g/mol. The topological polar surface area (TPSA) is 143 Å². The number of benzene rings is 1. The molecule has 3 aromatic heterocycles. The number of aromatic nitrogens is 4.